The largest absolute Gasteiger partial charge is 0.309 e. The second kappa shape index (κ2) is 18.9. The third kappa shape index (κ3) is 7.14. The predicted octanol–water partition coefficient (Wildman–Crippen LogP) is 12.3. The summed E-state index contributed by atoms with van der Waals surface area (Å²) in [5.41, 5.74) is 9.46. The summed E-state index contributed by atoms with van der Waals surface area (Å²) < 4.78 is 5.01. The van der Waals surface area contributed by atoms with Crippen molar-refractivity contribution in [1.82, 2.24) is 9.13 Å². The smallest absolute Gasteiger partial charge is 0.180 e. The van der Waals surface area contributed by atoms with Crippen LogP contribution in [0.5, 0.6) is 0 Å². The van der Waals surface area contributed by atoms with Crippen LogP contribution in [0.3, 0.4) is 0 Å². The lowest BCUT2D eigenvalue weighted by molar-refractivity contribution is 1.17. The Kier molecular flexibility index (Phi) is 11.2. The van der Waals surface area contributed by atoms with E-state index in [1.165, 1.54) is 96.2 Å². The first kappa shape index (κ1) is 45.3. The molecule has 12 aromatic carbocycles. The average Bonchev–Trinajstić information content (AvgIpc) is 4.13. The molecule has 358 valence electrons. The minimum Gasteiger partial charge on any atom is -0.309 e. The van der Waals surface area contributed by atoms with Crippen molar-refractivity contribution in [3.63, 3.8) is 0 Å². The highest BCUT2D eigenvalue weighted by molar-refractivity contribution is 7.21. The Bertz CT molecular complexity index is 4240. The topological polar surface area (TPSA) is 9.86 Å². The van der Waals surface area contributed by atoms with Gasteiger partial charge in [0, 0.05) is 32.9 Å². The van der Waals surface area contributed by atoms with Gasteiger partial charge < -0.3 is 9.13 Å². The summed E-state index contributed by atoms with van der Waals surface area (Å²) in [7, 11) is -5.84. The van der Waals surface area contributed by atoms with Crippen molar-refractivity contribution in [2.75, 3.05) is 0 Å². The van der Waals surface area contributed by atoms with E-state index < -0.39 is 16.1 Å². The molecule has 0 aliphatic rings. The van der Waals surface area contributed by atoms with E-state index in [9.17, 15) is 0 Å². The first-order chi connectivity index (χ1) is 37.7. The number of para-hydroxylation sites is 2. The molecule has 4 heteroatoms. The zero-order valence-corrected chi connectivity index (χ0v) is 43.9. The lowest BCUT2D eigenvalue weighted by Crippen LogP contribution is -2.74. The maximum absolute atomic E-state index is 3.05. The monoisotopic (exact) mass is 1000 g/mol. The minimum absolute atomic E-state index is 1.13. The minimum atomic E-state index is -3.05. The van der Waals surface area contributed by atoms with Crippen LogP contribution in [0.4, 0.5) is 0 Å². The standard InChI is InChI=1S/C72H52N2Si2/c1-7-26-53(27-8-1)54-28-23-40-62(50-54)76(60-36-15-5-16-37-60,61-38-17-6-18-39-61)71-47-25-46-70-72(71)65-43-20-22-45-68(65)74(70)56-48-49-69-66(52-56)64-42-19-21-44-67(64)73(69)55-29-24-41-63(51-55)75(57-30-9-2-10-31-57,58-32-11-3-12-33-58)59-34-13-4-14-35-59/h1-52H. The molecule has 0 radical (unpaired) electrons. The number of fused-ring (bicyclic) bond motifs is 6. The Balaban J connectivity index is 1.00. The van der Waals surface area contributed by atoms with Gasteiger partial charge in [-0.25, -0.2) is 0 Å². The van der Waals surface area contributed by atoms with Crippen molar-refractivity contribution in [3.8, 4) is 22.5 Å². The van der Waals surface area contributed by atoms with E-state index in [1.54, 1.807) is 0 Å². The van der Waals surface area contributed by atoms with Crippen molar-refractivity contribution in [2.24, 2.45) is 0 Å². The summed E-state index contributed by atoms with van der Waals surface area (Å²) >= 11 is 0. The van der Waals surface area contributed by atoms with Crippen LogP contribution in [-0.2, 0) is 0 Å². The molecule has 14 aromatic rings. The summed E-state index contributed by atoms with van der Waals surface area (Å²) in [4.78, 5) is 0. The number of hydrogen-bond donors (Lipinski definition) is 0. The van der Waals surface area contributed by atoms with Crippen molar-refractivity contribution in [2.45, 2.75) is 0 Å². The quantitative estimate of drug-likeness (QED) is 0.0903. The summed E-state index contributed by atoms with van der Waals surface area (Å²) in [5.74, 6) is 0. The van der Waals surface area contributed by atoms with Crippen LogP contribution in [0.1, 0.15) is 0 Å². The molecule has 0 spiro atoms. The van der Waals surface area contributed by atoms with Gasteiger partial charge in [-0.1, -0.05) is 267 Å². The van der Waals surface area contributed by atoms with Gasteiger partial charge in [0.1, 0.15) is 0 Å². The van der Waals surface area contributed by atoms with Gasteiger partial charge in [-0.15, -0.1) is 0 Å². The van der Waals surface area contributed by atoms with Gasteiger partial charge >= 0.3 is 0 Å². The van der Waals surface area contributed by atoms with Gasteiger partial charge in [0.05, 0.1) is 22.1 Å². The van der Waals surface area contributed by atoms with Gasteiger partial charge in [0.2, 0.25) is 0 Å². The highest BCUT2D eigenvalue weighted by Crippen LogP contribution is 2.37. The number of hydrogen-bond acceptors (Lipinski definition) is 0. The van der Waals surface area contributed by atoms with Crippen LogP contribution in [0.15, 0.2) is 315 Å². The van der Waals surface area contributed by atoms with Crippen molar-refractivity contribution >= 4 is 101 Å². The van der Waals surface area contributed by atoms with E-state index in [4.69, 9.17) is 0 Å². The molecule has 2 nitrogen and oxygen atoms in total. The van der Waals surface area contributed by atoms with Crippen LogP contribution >= 0.6 is 0 Å². The van der Waals surface area contributed by atoms with E-state index in [0.717, 1.165) is 11.4 Å². The molecule has 14 rings (SSSR count). The molecule has 0 amide bonds. The van der Waals surface area contributed by atoms with E-state index in [-0.39, 0.29) is 0 Å². The molecule has 0 saturated carbocycles. The Morgan fingerprint density at radius 1 is 0.211 bits per heavy atom. The molecule has 76 heavy (non-hydrogen) atoms. The first-order valence-electron chi connectivity index (χ1n) is 26.3. The van der Waals surface area contributed by atoms with Crippen LogP contribution < -0.4 is 41.5 Å². The fourth-order valence-electron chi connectivity index (χ4n) is 12.8. The maximum Gasteiger partial charge on any atom is 0.180 e. The third-order valence-electron chi connectivity index (χ3n) is 16.0. The normalized spacial score (nSPS) is 11.9. The van der Waals surface area contributed by atoms with Crippen molar-refractivity contribution in [1.29, 1.82) is 0 Å². The zero-order chi connectivity index (χ0) is 50.5. The first-order valence-corrected chi connectivity index (χ1v) is 30.3. The Morgan fingerprint density at radius 2 is 0.592 bits per heavy atom. The zero-order valence-electron chi connectivity index (χ0n) is 41.9. The second-order valence-electron chi connectivity index (χ2n) is 19.9. The molecule has 2 aromatic heterocycles. The summed E-state index contributed by atoms with van der Waals surface area (Å²) in [6.07, 6.45) is 0. The SMILES string of the molecule is c1ccc(-c2cccc([Si](c3ccccc3)(c3ccccc3)c3cccc4c3c3ccccc3n4-c3ccc4c(c3)c3ccccc3n4-c3cccc([Si](c4ccccc4)(c4ccccc4)c4ccccc4)c3)c2)cc1. The van der Waals surface area contributed by atoms with Crippen LogP contribution in [0.25, 0.3) is 66.1 Å². The second-order valence-corrected chi connectivity index (χ2v) is 27.5. The number of aromatic nitrogens is 2. The molecule has 2 heterocycles. The molecule has 0 saturated heterocycles. The lowest BCUT2D eigenvalue weighted by atomic mass is 10.1. The summed E-state index contributed by atoms with van der Waals surface area (Å²) in [6, 6.07) is 118. The van der Waals surface area contributed by atoms with Crippen LogP contribution in [-0.4, -0.2) is 25.3 Å². The molecule has 0 N–H and O–H groups in total. The van der Waals surface area contributed by atoms with Crippen LogP contribution in [0.2, 0.25) is 0 Å². The van der Waals surface area contributed by atoms with E-state index in [0.29, 0.717) is 0 Å². The van der Waals surface area contributed by atoms with Gasteiger partial charge in [0.25, 0.3) is 0 Å². The third-order valence-corrected chi connectivity index (χ3v) is 25.6. The maximum atomic E-state index is 2.52. The van der Waals surface area contributed by atoms with E-state index in [2.05, 4.69) is 325 Å². The van der Waals surface area contributed by atoms with Gasteiger partial charge in [-0.3, -0.25) is 0 Å². The van der Waals surface area contributed by atoms with Crippen molar-refractivity contribution < 1.29 is 0 Å². The average molecular weight is 1000 g/mol. The Morgan fingerprint density at radius 3 is 1.17 bits per heavy atom. The van der Waals surface area contributed by atoms with Crippen LogP contribution in [0, 0.1) is 0 Å². The Hall–Kier alpha value is -9.33. The fourth-order valence-corrected chi connectivity index (χ4v) is 22.6. The summed E-state index contributed by atoms with van der Waals surface area (Å²) in [5, 5.41) is 15.8. The lowest BCUT2D eigenvalue weighted by Gasteiger charge is -2.35. The molecule has 0 atom stereocenters. The number of rotatable bonds is 11. The van der Waals surface area contributed by atoms with Gasteiger partial charge in [-0.05, 0) is 101 Å². The molecular weight excluding hydrogens is 949 g/mol. The fraction of sp³-hybridized carbons (Fsp3) is 0. The molecule has 0 fully saturated rings. The predicted molar refractivity (Wildman–Crippen MR) is 328 cm³/mol. The van der Waals surface area contributed by atoms with E-state index >= 15 is 0 Å². The molecular formula is C72H52N2Si2. The van der Waals surface area contributed by atoms with E-state index in [1.807, 2.05) is 0 Å². The van der Waals surface area contributed by atoms with Gasteiger partial charge in [-0.2, -0.15) is 0 Å². The molecule has 0 bridgehead atoms. The van der Waals surface area contributed by atoms with Crippen molar-refractivity contribution in [3.05, 3.63) is 315 Å². The highest BCUT2D eigenvalue weighted by atomic mass is 28.3. The molecule has 0 aliphatic heterocycles. The summed E-state index contributed by atoms with van der Waals surface area (Å²) in [6.45, 7) is 0. The number of benzene rings is 12. The highest BCUT2D eigenvalue weighted by Gasteiger charge is 2.44. The Labute approximate surface area is 445 Å². The molecule has 0 aliphatic carbocycles. The number of nitrogens with zero attached hydrogens (tertiary/aromatic N) is 2. The van der Waals surface area contributed by atoms with Gasteiger partial charge in [0.15, 0.2) is 16.1 Å². The molecule has 0 unspecified atom stereocenters.